The summed E-state index contributed by atoms with van der Waals surface area (Å²) in [5.74, 6) is 0.509. The van der Waals surface area contributed by atoms with Crippen molar-refractivity contribution in [3.63, 3.8) is 0 Å². The summed E-state index contributed by atoms with van der Waals surface area (Å²) < 4.78 is 11.7. The van der Waals surface area contributed by atoms with Crippen molar-refractivity contribution in [2.75, 3.05) is 19.6 Å². The van der Waals surface area contributed by atoms with Crippen molar-refractivity contribution in [2.45, 2.75) is 63.9 Å². The molecule has 0 aromatic rings. The summed E-state index contributed by atoms with van der Waals surface area (Å²) in [6.07, 6.45) is 3.75. The number of carbonyl (C=O) groups is 1. The largest absolute Gasteiger partial charge is 0.444 e. The molecule has 0 aromatic carbocycles. The minimum absolute atomic E-state index is 0.183. The Hall–Kier alpha value is -0.810. The SMILES string of the molecule is CC(C)(C)OC(=O)N1C[C@@H]2C[C@H]1C2OC1CCCNC1. The first kappa shape index (κ1) is 14.1. The van der Waals surface area contributed by atoms with Gasteiger partial charge in [-0.3, -0.25) is 0 Å². The number of nitrogens with one attached hydrogen (secondary N) is 1. The lowest BCUT2D eigenvalue weighted by molar-refractivity contribution is -0.0942. The van der Waals surface area contributed by atoms with Crippen LogP contribution in [0.15, 0.2) is 0 Å². The molecule has 0 aromatic heterocycles. The lowest BCUT2D eigenvalue weighted by atomic mass is 9.82. The molecule has 4 fully saturated rings. The second-order valence-corrected chi connectivity index (χ2v) is 7.26. The number of hydrogen-bond donors (Lipinski definition) is 1. The third-order valence-corrected chi connectivity index (χ3v) is 4.45. The Balaban J connectivity index is 1.53. The van der Waals surface area contributed by atoms with Gasteiger partial charge in [-0.25, -0.2) is 4.79 Å². The molecule has 4 atom stereocenters. The van der Waals surface area contributed by atoms with Crippen LogP contribution in [-0.4, -0.2) is 54.5 Å². The van der Waals surface area contributed by atoms with Gasteiger partial charge in [-0.05, 0) is 46.6 Å². The Bertz CT molecular complexity index is 374. The highest BCUT2D eigenvalue weighted by Gasteiger charge is 2.56. The van der Waals surface area contributed by atoms with Gasteiger partial charge in [0.25, 0.3) is 0 Å². The van der Waals surface area contributed by atoms with Gasteiger partial charge in [-0.1, -0.05) is 0 Å². The van der Waals surface area contributed by atoms with Gasteiger partial charge in [0.1, 0.15) is 5.60 Å². The lowest BCUT2D eigenvalue weighted by Gasteiger charge is -2.39. The number of ether oxygens (including phenoxy) is 2. The third kappa shape index (κ3) is 2.79. The van der Waals surface area contributed by atoms with E-state index in [1.54, 1.807) is 0 Å². The zero-order valence-electron chi connectivity index (χ0n) is 12.7. The van der Waals surface area contributed by atoms with Crippen molar-refractivity contribution in [1.82, 2.24) is 10.2 Å². The van der Waals surface area contributed by atoms with E-state index >= 15 is 0 Å². The molecule has 1 aliphatic carbocycles. The fourth-order valence-electron chi connectivity index (χ4n) is 3.46. The molecule has 3 aliphatic heterocycles. The van der Waals surface area contributed by atoms with E-state index in [2.05, 4.69) is 5.32 Å². The van der Waals surface area contributed by atoms with Crippen LogP contribution in [-0.2, 0) is 9.47 Å². The summed E-state index contributed by atoms with van der Waals surface area (Å²) in [7, 11) is 0. The van der Waals surface area contributed by atoms with Crippen LogP contribution in [0.25, 0.3) is 0 Å². The van der Waals surface area contributed by atoms with Crippen LogP contribution in [0.2, 0.25) is 0 Å². The maximum Gasteiger partial charge on any atom is 0.410 e. The molecular weight excluding hydrogens is 256 g/mol. The van der Waals surface area contributed by atoms with E-state index in [4.69, 9.17) is 9.47 Å². The highest BCUT2D eigenvalue weighted by molar-refractivity contribution is 5.70. The fourth-order valence-corrected chi connectivity index (χ4v) is 3.46. The molecule has 20 heavy (non-hydrogen) atoms. The van der Waals surface area contributed by atoms with E-state index in [0.29, 0.717) is 12.0 Å². The normalized spacial score (nSPS) is 36.6. The van der Waals surface area contributed by atoms with Crippen molar-refractivity contribution in [2.24, 2.45) is 5.92 Å². The highest BCUT2D eigenvalue weighted by atomic mass is 16.6. The number of piperidine rings is 1. The van der Waals surface area contributed by atoms with Gasteiger partial charge in [0, 0.05) is 19.0 Å². The molecule has 5 heteroatoms. The number of fused-ring (bicyclic) bond motifs is 1. The van der Waals surface area contributed by atoms with Crippen molar-refractivity contribution in [3.05, 3.63) is 0 Å². The van der Waals surface area contributed by atoms with Crippen molar-refractivity contribution >= 4 is 6.09 Å². The Morgan fingerprint density at radius 1 is 1.35 bits per heavy atom. The standard InChI is InChI=1S/C15H26N2O3/c1-15(2,3)20-14(18)17-9-10-7-12(17)13(10)19-11-5-4-6-16-8-11/h10-13,16H,4-9H2,1-3H3/t10-,11?,12-,13?/m0/s1. The Kier molecular flexibility index (Phi) is 3.67. The molecule has 2 unspecified atom stereocenters. The van der Waals surface area contributed by atoms with Crippen molar-refractivity contribution < 1.29 is 14.3 Å². The lowest BCUT2D eigenvalue weighted by Crippen LogP contribution is -2.50. The summed E-state index contributed by atoms with van der Waals surface area (Å²) in [5, 5.41) is 3.37. The molecule has 3 saturated heterocycles. The van der Waals surface area contributed by atoms with Gasteiger partial charge < -0.3 is 19.7 Å². The molecule has 0 spiro atoms. The van der Waals surface area contributed by atoms with Crippen LogP contribution in [0, 0.1) is 5.92 Å². The molecular formula is C15H26N2O3. The minimum Gasteiger partial charge on any atom is -0.444 e. The Labute approximate surface area is 121 Å². The summed E-state index contributed by atoms with van der Waals surface area (Å²) in [4.78, 5) is 14.0. The summed E-state index contributed by atoms with van der Waals surface area (Å²) in [6.45, 7) is 8.57. The van der Waals surface area contributed by atoms with Crippen LogP contribution in [0.4, 0.5) is 4.79 Å². The van der Waals surface area contributed by atoms with Gasteiger partial charge in [-0.2, -0.15) is 0 Å². The van der Waals surface area contributed by atoms with E-state index in [9.17, 15) is 4.79 Å². The molecule has 114 valence electrons. The third-order valence-electron chi connectivity index (χ3n) is 4.45. The molecule has 1 N–H and O–H groups in total. The van der Waals surface area contributed by atoms with Gasteiger partial charge >= 0.3 is 6.09 Å². The summed E-state index contributed by atoms with van der Waals surface area (Å²) >= 11 is 0. The summed E-state index contributed by atoms with van der Waals surface area (Å²) in [5.41, 5.74) is -0.423. The van der Waals surface area contributed by atoms with E-state index in [1.165, 1.54) is 6.42 Å². The van der Waals surface area contributed by atoms with E-state index in [-0.39, 0.29) is 18.2 Å². The molecule has 5 nitrogen and oxygen atoms in total. The van der Waals surface area contributed by atoms with E-state index < -0.39 is 5.60 Å². The van der Waals surface area contributed by atoms with E-state index in [0.717, 1.165) is 32.5 Å². The van der Waals surface area contributed by atoms with Crippen LogP contribution >= 0.6 is 0 Å². The molecule has 4 aliphatic rings. The van der Waals surface area contributed by atoms with Gasteiger partial charge in [0.2, 0.25) is 0 Å². The second kappa shape index (κ2) is 5.19. The van der Waals surface area contributed by atoms with Gasteiger partial charge in [0.15, 0.2) is 0 Å². The number of carbonyl (C=O) groups excluding carboxylic acids is 1. The average molecular weight is 282 g/mol. The van der Waals surface area contributed by atoms with Crippen LogP contribution < -0.4 is 5.32 Å². The predicted molar refractivity (Wildman–Crippen MR) is 75.6 cm³/mol. The zero-order valence-corrected chi connectivity index (χ0v) is 12.7. The van der Waals surface area contributed by atoms with Gasteiger partial charge in [0.05, 0.1) is 18.2 Å². The molecule has 2 bridgehead atoms. The highest BCUT2D eigenvalue weighted by Crippen LogP contribution is 2.44. The van der Waals surface area contributed by atoms with Crippen LogP contribution in [0.1, 0.15) is 40.0 Å². The van der Waals surface area contributed by atoms with Gasteiger partial charge in [-0.15, -0.1) is 0 Å². The first-order valence-corrected chi connectivity index (χ1v) is 7.80. The predicted octanol–water partition coefficient (Wildman–Crippen LogP) is 1.76. The Morgan fingerprint density at radius 2 is 2.15 bits per heavy atom. The minimum atomic E-state index is -0.423. The molecule has 3 heterocycles. The first-order valence-electron chi connectivity index (χ1n) is 7.80. The fraction of sp³-hybridized carbons (Fsp3) is 0.933. The van der Waals surface area contributed by atoms with Crippen LogP contribution in [0.3, 0.4) is 0 Å². The second-order valence-electron chi connectivity index (χ2n) is 7.26. The monoisotopic (exact) mass is 282 g/mol. The number of rotatable bonds is 2. The number of nitrogens with zero attached hydrogens (tertiary/aromatic N) is 1. The summed E-state index contributed by atoms with van der Waals surface area (Å²) in [6, 6.07) is 0.233. The van der Waals surface area contributed by atoms with Crippen LogP contribution in [0.5, 0.6) is 0 Å². The molecule has 4 rings (SSSR count). The molecule has 1 amide bonds. The quantitative estimate of drug-likeness (QED) is 0.838. The van der Waals surface area contributed by atoms with Crippen molar-refractivity contribution in [1.29, 1.82) is 0 Å². The maximum absolute atomic E-state index is 12.2. The number of hydrogen-bond acceptors (Lipinski definition) is 4. The maximum atomic E-state index is 12.2. The van der Waals surface area contributed by atoms with E-state index in [1.807, 2.05) is 25.7 Å². The molecule has 1 saturated carbocycles. The van der Waals surface area contributed by atoms with Crippen molar-refractivity contribution in [3.8, 4) is 0 Å². The molecule has 0 radical (unpaired) electrons. The average Bonchev–Trinajstić information content (AvgIpc) is 2.94. The zero-order chi connectivity index (χ0) is 14.3. The first-order chi connectivity index (χ1) is 9.44. The smallest absolute Gasteiger partial charge is 0.410 e. The topological polar surface area (TPSA) is 50.8 Å². The number of amides is 1. The Morgan fingerprint density at radius 3 is 2.80 bits per heavy atom.